The molecule has 0 radical (unpaired) electrons. The summed E-state index contributed by atoms with van der Waals surface area (Å²) in [6, 6.07) is 1.83. The van der Waals surface area contributed by atoms with Crippen LogP contribution < -0.4 is 0 Å². The second kappa shape index (κ2) is 7.09. The number of hydrogen-bond donors (Lipinski definition) is 1. The maximum Gasteiger partial charge on any atom is 0.304 e. The van der Waals surface area contributed by atoms with Crippen LogP contribution in [0.15, 0.2) is 21.9 Å². The Bertz CT molecular complexity index is 567. The average molecular weight is 296 g/mol. The van der Waals surface area contributed by atoms with Crippen molar-refractivity contribution in [1.82, 2.24) is 20.0 Å². The van der Waals surface area contributed by atoms with Gasteiger partial charge in [0.2, 0.25) is 0 Å². The van der Waals surface area contributed by atoms with Crippen LogP contribution in [0.1, 0.15) is 26.2 Å². The summed E-state index contributed by atoms with van der Waals surface area (Å²) in [6.07, 6.45) is 4.13. The Balaban J connectivity index is 1.94. The highest BCUT2D eigenvalue weighted by Crippen LogP contribution is 2.22. The zero-order chi connectivity index (χ0) is 14.4. The van der Waals surface area contributed by atoms with Gasteiger partial charge in [0.1, 0.15) is 5.69 Å². The third kappa shape index (κ3) is 4.09. The fourth-order valence-electron chi connectivity index (χ4n) is 1.52. The minimum absolute atomic E-state index is 0.0635. The first kappa shape index (κ1) is 14.6. The summed E-state index contributed by atoms with van der Waals surface area (Å²) >= 11 is 1.23. The molecule has 8 heteroatoms. The Morgan fingerprint density at radius 2 is 2.35 bits per heavy atom. The van der Waals surface area contributed by atoms with E-state index in [0.29, 0.717) is 22.6 Å². The summed E-state index contributed by atoms with van der Waals surface area (Å²) in [4.78, 5) is 10.4. The number of carbonyl (C=O) groups is 1. The molecule has 0 aliphatic heterocycles. The van der Waals surface area contributed by atoms with Crippen molar-refractivity contribution in [3.63, 3.8) is 0 Å². The number of aliphatic carboxylic acids is 1. The van der Waals surface area contributed by atoms with Crippen molar-refractivity contribution in [2.24, 2.45) is 0 Å². The minimum atomic E-state index is -0.841. The molecule has 1 N–H and O–H groups in total. The number of unbranched alkanes of at least 4 members (excludes halogenated alkanes) is 1. The van der Waals surface area contributed by atoms with Crippen molar-refractivity contribution in [3.8, 4) is 11.6 Å². The van der Waals surface area contributed by atoms with Gasteiger partial charge in [-0.05, 0) is 12.5 Å². The van der Waals surface area contributed by atoms with Gasteiger partial charge in [0.05, 0.1) is 6.42 Å². The lowest BCUT2D eigenvalue weighted by molar-refractivity contribution is -0.136. The molecule has 2 heterocycles. The van der Waals surface area contributed by atoms with Gasteiger partial charge in [0.25, 0.3) is 11.1 Å². The first-order valence-electron chi connectivity index (χ1n) is 6.41. The van der Waals surface area contributed by atoms with E-state index in [4.69, 9.17) is 9.52 Å². The van der Waals surface area contributed by atoms with E-state index in [2.05, 4.69) is 22.2 Å². The van der Waals surface area contributed by atoms with Gasteiger partial charge in [-0.3, -0.25) is 9.48 Å². The quantitative estimate of drug-likeness (QED) is 0.747. The van der Waals surface area contributed by atoms with Gasteiger partial charge in [-0.15, -0.1) is 10.2 Å². The smallest absolute Gasteiger partial charge is 0.304 e. The fraction of sp³-hybridized carbons (Fsp3) is 0.500. The molecule has 20 heavy (non-hydrogen) atoms. The number of aryl methyl sites for hydroxylation is 1. The van der Waals surface area contributed by atoms with Crippen molar-refractivity contribution in [1.29, 1.82) is 0 Å². The molecule has 0 atom stereocenters. The van der Waals surface area contributed by atoms with Crippen LogP contribution in [-0.4, -0.2) is 36.8 Å². The lowest BCUT2D eigenvalue weighted by Gasteiger charge is -1.97. The highest BCUT2D eigenvalue weighted by Gasteiger charge is 2.12. The van der Waals surface area contributed by atoms with Gasteiger partial charge in [-0.2, -0.15) is 5.10 Å². The van der Waals surface area contributed by atoms with E-state index in [-0.39, 0.29) is 6.42 Å². The maximum absolute atomic E-state index is 10.4. The van der Waals surface area contributed by atoms with Gasteiger partial charge in [0.15, 0.2) is 0 Å². The summed E-state index contributed by atoms with van der Waals surface area (Å²) < 4.78 is 7.29. The highest BCUT2D eigenvalue weighted by atomic mass is 32.2. The van der Waals surface area contributed by atoms with E-state index >= 15 is 0 Å². The third-order valence-electron chi connectivity index (χ3n) is 2.55. The normalized spacial score (nSPS) is 10.8. The molecule has 0 fully saturated rings. The van der Waals surface area contributed by atoms with Crippen molar-refractivity contribution in [2.45, 2.75) is 38.0 Å². The van der Waals surface area contributed by atoms with Gasteiger partial charge in [-0.1, -0.05) is 25.1 Å². The fourth-order valence-corrected chi connectivity index (χ4v) is 2.21. The summed E-state index contributed by atoms with van der Waals surface area (Å²) in [5.41, 5.74) is 0.638. The van der Waals surface area contributed by atoms with Crippen LogP contribution in [0.2, 0.25) is 0 Å². The zero-order valence-corrected chi connectivity index (χ0v) is 12.0. The van der Waals surface area contributed by atoms with Crippen LogP contribution in [0.3, 0.4) is 0 Å². The predicted octanol–water partition coefficient (Wildman–Crippen LogP) is 2.30. The number of carboxylic acids is 1. The third-order valence-corrected chi connectivity index (χ3v) is 3.37. The number of rotatable bonds is 8. The van der Waals surface area contributed by atoms with Crippen molar-refractivity contribution in [3.05, 3.63) is 12.3 Å². The number of carboxylic acid groups (broad SMARTS) is 1. The highest BCUT2D eigenvalue weighted by molar-refractivity contribution is 7.99. The van der Waals surface area contributed by atoms with Crippen LogP contribution >= 0.6 is 11.8 Å². The summed E-state index contributed by atoms with van der Waals surface area (Å²) in [7, 11) is 0. The van der Waals surface area contributed by atoms with E-state index in [1.165, 1.54) is 11.8 Å². The number of hydrogen-bond acceptors (Lipinski definition) is 6. The van der Waals surface area contributed by atoms with E-state index < -0.39 is 5.97 Å². The molecule has 0 bridgehead atoms. The summed E-state index contributed by atoms with van der Waals surface area (Å²) in [5.74, 6) is -0.0768. The van der Waals surface area contributed by atoms with Crippen molar-refractivity contribution < 1.29 is 14.3 Å². The molecule has 0 aromatic carbocycles. The molecule has 2 aromatic heterocycles. The molecule has 0 spiro atoms. The van der Waals surface area contributed by atoms with Crippen LogP contribution in [0.25, 0.3) is 11.6 Å². The maximum atomic E-state index is 10.4. The van der Waals surface area contributed by atoms with Gasteiger partial charge in [0, 0.05) is 18.5 Å². The topological polar surface area (TPSA) is 94.0 Å². The molecule has 0 aliphatic rings. The van der Waals surface area contributed by atoms with Crippen LogP contribution in [0, 0.1) is 0 Å². The number of nitrogens with zero attached hydrogens (tertiary/aromatic N) is 4. The van der Waals surface area contributed by atoms with Crippen molar-refractivity contribution in [2.75, 3.05) is 5.75 Å². The molecule has 108 valence electrons. The van der Waals surface area contributed by atoms with Gasteiger partial charge >= 0.3 is 5.97 Å². The van der Waals surface area contributed by atoms with E-state index in [1.54, 1.807) is 0 Å². The van der Waals surface area contributed by atoms with Gasteiger partial charge < -0.3 is 9.52 Å². The van der Waals surface area contributed by atoms with E-state index in [1.807, 2.05) is 16.9 Å². The van der Waals surface area contributed by atoms with Crippen molar-refractivity contribution >= 4 is 17.7 Å². The molecule has 7 nitrogen and oxygen atoms in total. The predicted molar refractivity (Wildman–Crippen MR) is 73.4 cm³/mol. The van der Waals surface area contributed by atoms with E-state index in [0.717, 1.165) is 19.4 Å². The molecule has 2 rings (SSSR count). The molecule has 0 amide bonds. The largest absolute Gasteiger partial charge is 0.481 e. The lowest BCUT2D eigenvalue weighted by Crippen LogP contribution is -1.97. The second-order valence-corrected chi connectivity index (χ2v) is 5.23. The number of thioether (sulfide) groups is 1. The summed E-state index contributed by atoms with van der Waals surface area (Å²) in [6.45, 7) is 2.99. The molecule has 0 unspecified atom stereocenters. The SMILES string of the molecule is CCCCn1ccc(-c2nnc(SCCC(=O)O)o2)n1. The monoisotopic (exact) mass is 296 g/mol. The number of aromatic nitrogens is 4. The Morgan fingerprint density at radius 3 is 3.10 bits per heavy atom. The molecule has 0 saturated carbocycles. The summed E-state index contributed by atoms with van der Waals surface area (Å²) in [5, 5.41) is 21.1. The first-order valence-corrected chi connectivity index (χ1v) is 7.39. The molecule has 0 aliphatic carbocycles. The Hall–Kier alpha value is -1.83. The average Bonchev–Trinajstić information content (AvgIpc) is 3.04. The first-order chi connectivity index (χ1) is 9.69. The van der Waals surface area contributed by atoms with Crippen LogP contribution in [0.5, 0.6) is 0 Å². The second-order valence-electron chi connectivity index (χ2n) is 4.18. The lowest BCUT2D eigenvalue weighted by atomic mass is 10.3. The Kier molecular flexibility index (Phi) is 5.16. The Morgan fingerprint density at radius 1 is 1.50 bits per heavy atom. The molecule has 0 saturated heterocycles. The van der Waals surface area contributed by atoms with Crippen LogP contribution in [0.4, 0.5) is 0 Å². The Labute approximate surface area is 120 Å². The molecular weight excluding hydrogens is 280 g/mol. The van der Waals surface area contributed by atoms with Crippen LogP contribution in [-0.2, 0) is 11.3 Å². The zero-order valence-electron chi connectivity index (χ0n) is 11.2. The minimum Gasteiger partial charge on any atom is -0.481 e. The van der Waals surface area contributed by atoms with E-state index in [9.17, 15) is 4.79 Å². The molecular formula is C12H16N4O3S. The standard InChI is InChI=1S/C12H16N4O3S/c1-2-3-6-16-7-4-9(15-16)11-13-14-12(19-11)20-8-5-10(17)18/h4,7H,2-3,5-6,8H2,1H3,(H,17,18). The van der Waals surface area contributed by atoms with Gasteiger partial charge in [-0.25, -0.2) is 0 Å². The molecule has 2 aromatic rings.